The van der Waals surface area contributed by atoms with Crippen molar-refractivity contribution in [2.24, 2.45) is 5.92 Å². The van der Waals surface area contributed by atoms with Gasteiger partial charge >= 0.3 is 0 Å². The Balaban J connectivity index is 1.99. The highest BCUT2D eigenvalue weighted by atomic mass is 32.2. The number of rotatable bonds is 7. The van der Waals surface area contributed by atoms with Crippen LogP contribution in [0.3, 0.4) is 0 Å². The van der Waals surface area contributed by atoms with Crippen LogP contribution >= 0.6 is 22.7 Å². The Morgan fingerprint density at radius 1 is 1.24 bits per heavy atom. The van der Waals surface area contributed by atoms with E-state index in [1.807, 2.05) is 25.3 Å². The molecule has 0 saturated carbocycles. The molecule has 0 saturated heterocycles. The first-order chi connectivity index (χ1) is 9.87. The summed E-state index contributed by atoms with van der Waals surface area (Å²) in [4.78, 5) is 14.3. The second kappa shape index (κ2) is 6.83. The van der Waals surface area contributed by atoms with Crippen LogP contribution in [0.5, 0.6) is 0 Å². The van der Waals surface area contributed by atoms with Crippen molar-refractivity contribution in [3.05, 3.63) is 44.3 Å². The molecule has 114 valence electrons. The van der Waals surface area contributed by atoms with Crippen molar-refractivity contribution in [3.63, 3.8) is 0 Å². The van der Waals surface area contributed by atoms with Crippen molar-refractivity contribution in [2.45, 2.75) is 20.4 Å². The lowest BCUT2D eigenvalue weighted by molar-refractivity contribution is 0.104. The molecule has 0 aliphatic rings. The van der Waals surface area contributed by atoms with Crippen molar-refractivity contribution in [1.82, 2.24) is 4.72 Å². The highest BCUT2D eigenvalue weighted by molar-refractivity contribution is 7.89. The molecular weight excluding hydrogens is 326 g/mol. The van der Waals surface area contributed by atoms with E-state index in [-0.39, 0.29) is 24.0 Å². The smallest absolute Gasteiger partial charge is 0.212 e. The molecule has 2 aromatic rings. The first-order valence-corrected chi connectivity index (χ1v) is 9.86. The van der Waals surface area contributed by atoms with Gasteiger partial charge in [0.05, 0.1) is 15.5 Å². The number of hydrogen-bond donors (Lipinski definition) is 1. The zero-order valence-electron chi connectivity index (χ0n) is 11.8. The van der Waals surface area contributed by atoms with E-state index in [9.17, 15) is 13.2 Å². The van der Waals surface area contributed by atoms with Gasteiger partial charge in [-0.15, -0.1) is 22.7 Å². The lowest BCUT2D eigenvalue weighted by Gasteiger charge is -2.07. The molecule has 0 amide bonds. The van der Waals surface area contributed by atoms with E-state index in [0.29, 0.717) is 9.75 Å². The average molecular weight is 343 g/mol. The highest BCUT2D eigenvalue weighted by Gasteiger charge is 2.15. The molecule has 0 aliphatic heterocycles. The molecule has 0 radical (unpaired) electrons. The molecule has 7 heteroatoms. The molecule has 0 fully saturated rings. The molecule has 0 bridgehead atoms. The molecule has 0 aliphatic carbocycles. The van der Waals surface area contributed by atoms with Crippen molar-refractivity contribution < 1.29 is 13.2 Å². The number of carbonyl (C=O) groups is 1. The van der Waals surface area contributed by atoms with Crippen LogP contribution in [-0.4, -0.2) is 20.0 Å². The Kier molecular flexibility index (Phi) is 5.32. The van der Waals surface area contributed by atoms with Gasteiger partial charge in [0.15, 0.2) is 0 Å². The van der Waals surface area contributed by atoms with Gasteiger partial charge in [-0.2, -0.15) is 0 Å². The Labute approximate surface area is 132 Å². The molecule has 0 atom stereocenters. The van der Waals surface area contributed by atoms with Crippen LogP contribution in [0.25, 0.3) is 0 Å². The summed E-state index contributed by atoms with van der Waals surface area (Å²) in [6.45, 7) is 3.96. The summed E-state index contributed by atoms with van der Waals surface area (Å²) in [5.41, 5.74) is 0. The summed E-state index contributed by atoms with van der Waals surface area (Å²) in [7, 11) is -3.26. The van der Waals surface area contributed by atoms with Crippen molar-refractivity contribution in [3.8, 4) is 0 Å². The second-order valence-electron chi connectivity index (χ2n) is 5.07. The van der Waals surface area contributed by atoms with Crippen molar-refractivity contribution >= 4 is 38.5 Å². The summed E-state index contributed by atoms with van der Waals surface area (Å²) < 4.78 is 26.1. The predicted molar refractivity (Wildman–Crippen MR) is 87.5 cm³/mol. The van der Waals surface area contributed by atoms with Crippen LogP contribution in [0.1, 0.15) is 33.3 Å². The molecule has 2 aromatic heterocycles. The predicted octanol–water partition coefficient (Wildman–Crippen LogP) is 3.12. The van der Waals surface area contributed by atoms with Gasteiger partial charge in [0.25, 0.3) is 0 Å². The van der Waals surface area contributed by atoms with Gasteiger partial charge in [-0.25, -0.2) is 13.1 Å². The van der Waals surface area contributed by atoms with Crippen LogP contribution < -0.4 is 4.72 Å². The molecule has 0 unspecified atom stereocenters. The highest BCUT2D eigenvalue weighted by Crippen LogP contribution is 2.22. The number of hydrogen-bond acceptors (Lipinski definition) is 5. The lowest BCUT2D eigenvalue weighted by atomic mass is 10.3. The van der Waals surface area contributed by atoms with Crippen LogP contribution in [-0.2, 0) is 16.6 Å². The largest absolute Gasteiger partial charge is 0.287 e. The number of thiophene rings is 2. The van der Waals surface area contributed by atoms with Gasteiger partial charge in [0.2, 0.25) is 15.8 Å². The van der Waals surface area contributed by atoms with Gasteiger partial charge in [-0.3, -0.25) is 4.79 Å². The van der Waals surface area contributed by atoms with E-state index >= 15 is 0 Å². The van der Waals surface area contributed by atoms with Crippen molar-refractivity contribution in [1.29, 1.82) is 0 Å². The van der Waals surface area contributed by atoms with Gasteiger partial charge in [-0.1, -0.05) is 19.9 Å². The topological polar surface area (TPSA) is 63.2 Å². The fourth-order valence-corrected chi connectivity index (χ4v) is 4.91. The summed E-state index contributed by atoms with van der Waals surface area (Å²) in [5.74, 6) is 0.187. The van der Waals surface area contributed by atoms with Crippen molar-refractivity contribution in [2.75, 3.05) is 5.75 Å². The van der Waals surface area contributed by atoms with E-state index in [2.05, 4.69) is 4.72 Å². The van der Waals surface area contributed by atoms with E-state index in [1.54, 1.807) is 18.2 Å². The normalized spacial score (nSPS) is 12.0. The zero-order chi connectivity index (χ0) is 15.5. The van der Waals surface area contributed by atoms with E-state index in [1.165, 1.54) is 22.7 Å². The number of sulfonamides is 1. The maximum absolute atomic E-state index is 12.1. The van der Waals surface area contributed by atoms with Gasteiger partial charge in [-0.05, 0) is 29.5 Å². The molecule has 0 spiro atoms. The SMILES string of the molecule is CC(C)CS(=O)(=O)NCc1ccc(C(=O)c2cccs2)s1. The first kappa shape index (κ1) is 16.4. The van der Waals surface area contributed by atoms with Gasteiger partial charge < -0.3 is 0 Å². The molecule has 4 nitrogen and oxygen atoms in total. The quantitative estimate of drug-likeness (QED) is 0.786. The standard InChI is InChI=1S/C14H17NO3S3/c1-10(2)9-21(17,18)15-8-11-5-6-13(20-11)14(16)12-4-3-7-19-12/h3-7,10,15H,8-9H2,1-2H3. The average Bonchev–Trinajstić information content (AvgIpc) is 3.06. The Morgan fingerprint density at radius 3 is 2.62 bits per heavy atom. The van der Waals surface area contributed by atoms with Crippen LogP contribution in [0.2, 0.25) is 0 Å². The fourth-order valence-electron chi connectivity index (χ4n) is 1.80. The number of ketones is 1. The van der Waals surface area contributed by atoms with Gasteiger partial charge in [0.1, 0.15) is 0 Å². The maximum atomic E-state index is 12.1. The summed E-state index contributed by atoms with van der Waals surface area (Å²) >= 11 is 2.73. The minimum atomic E-state index is -3.26. The minimum Gasteiger partial charge on any atom is -0.287 e. The summed E-state index contributed by atoms with van der Waals surface area (Å²) in [5, 5.41) is 1.86. The third-order valence-corrected chi connectivity index (χ3v) is 6.29. The Hall–Kier alpha value is -1.02. The molecule has 0 aromatic carbocycles. The van der Waals surface area contributed by atoms with Gasteiger partial charge in [0, 0.05) is 11.4 Å². The third kappa shape index (κ3) is 4.74. The zero-order valence-corrected chi connectivity index (χ0v) is 14.3. The monoisotopic (exact) mass is 343 g/mol. The molecule has 1 N–H and O–H groups in total. The summed E-state index contributed by atoms with van der Waals surface area (Å²) in [6.07, 6.45) is 0. The summed E-state index contributed by atoms with van der Waals surface area (Å²) in [6, 6.07) is 7.17. The lowest BCUT2D eigenvalue weighted by Crippen LogP contribution is -2.27. The third-order valence-electron chi connectivity index (χ3n) is 2.65. The van der Waals surface area contributed by atoms with E-state index in [4.69, 9.17) is 0 Å². The number of nitrogens with one attached hydrogen (secondary N) is 1. The minimum absolute atomic E-state index is 0.00807. The fraction of sp³-hybridized carbons (Fsp3) is 0.357. The second-order valence-corrected chi connectivity index (χ2v) is 9.04. The number of carbonyl (C=O) groups excluding carboxylic acids is 1. The Morgan fingerprint density at radius 2 is 2.00 bits per heavy atom. The maximum Gasteiger partial charge on any atom is 0.212 e. The van der Waals surface area contributed by atoms with E-state index in [0.717, 1.165) is 4.88 Å². The molecule has 21 heavy (non-hydrogen) atoms. The molecule has 2 heterocycles. The van der Waals surface area contributed by atoms with Crippen LogP contribution in [0.4, 0.5) is 0 Å². The van der Waals surface area contributed by atoms with Crippen LogP contribution in [0, 0.1) is 5.92 Å². The Bertz CT molecular complexity index is 700. The molecule has 2 rings (SSSR count). The molecular formula is C14H17NO3S3. The first-order valence-electron chi connectivity index (χ1n) is 6.51. The van der Waals surface area contributed by atoms with E-state index < -0.39 is 10.0 Å². The van der Waals surface area contributed by atoms with Crippen LogP contribution in [0.15, 0.2) is 29.6 Å².